The Kier molecular flexibility index (Phi) is 5.94. The predicted molar refractivity (Wildman–Crippen MR) is 76.3 cm³/mol. The molecule has 3 unspecified atom stereocenters. The van der Waals surface area contributed by atoms with Crippen LogP contribution in [0.25, 0.3) is 0 Å². The molecular formula is C15H32N2. The molecule has 0 aliphatic carbocycles. The Bertz CT molecular complexity index is 211. The SMILES string of the molecule is CCC(CC)C(C)N1CC(C(C)C)NCC1C. The van der Waals surface area contributed by atoms with Crippen LogP contribution in [0.3, 0.4) is 0 Å². The van der Waals surface area contributed by atoms with Gasteiger partial charge in [-0.05, 0) is 25.7 Å². The Labute approximate surface area is 108 Å². The van der Waals surface area contributed by atoms with Gasteiger partial charge in [-0.3, -0.25) is 4.90 Å². The number of rotatable bonds is 5. The van der Waals surface area contributed by atoms with E-state index in [2.05, 4.69) is 51.8 Å². The van der Waals surface area contributed by atoms with Gasteiger partial charge in [0.1, 0.15) is 0 Å². The molecule has 0 radical (unpaired) electrons. The van der Waals surface area contributed by atoms with Gasteiger partial charge in [-0.1, -0.05) is 40.5 Å². The van der Waals surface area contributed by atoms with E-state index in [1.165, 1.54) is 19.4 Å². The average molecular weight is 240 g/mol. The first kappa shape index (κ1) is 15.0. The molecule has 0 amide bonds. The summed E-state index contributed by atoms with van der Waals surface area (Å²) in [4.78, 5) is 2.73. The summed E-state index contributed by atoms with van der Waals surface area (Å²) in [6.07, 6.45) is 2.61. The Hall–Kier alpha value is -0.0800. The fourth-order valence-corrected chi connectivity index (χ4v) is 3.17. The fourth-order valence-electron chi connectivity index (χ4n) is 3.17. The van der Waals surface area contributed by atoms with Gasteiger partial charge in [-0.2, -0.15) is 0 Å². The van der Waals surface area contributed by atoms with Gasteiger partial charge in [0.2, 0.25) is 0 Å². The van der Waals surface area contributed by atoms with E-state index in [-0.39, 0.29) is 0 Å². The first-order chi connectivity index (χ1) is 8.01. The van der Waals surface area contributed by atoms with Crippen LogP contribution in [0.2, 0.25) is 0 Å². The van der Waals surface area contributed by atoms with E-state index in [1.54, 1.807) is 0 Å². The van der Waals surface area contributed by atoms with Crippen LogP contribution >= 0.6 is 0 Å². The molecule has 0 aromatic rings. The normalized spacial score (nSPS) is 28.9. The lowest BCUT2D eigenvalue weighted by molar-refractivity contribution is 0.0553. The second kappa shape index (κ2) is 6.75. The first-order valence-corrected chi connectivity index (χ1v) is 7.50. The molecule has 102 valence electrons. The minimum absolute atomic E-state index is 0.669. The maximum Gasteiger partial charge on any atom is 0.0218 e. The molecule has 1 saturated heterocycles. The predicted octanol–water partition coefficient (Wildman–Crippen LogP) is 3.13. The Morgan fingerprint density at radius 3 is 2.24 bits per heavy atom. The zero-order chi connectivity index (χ0) is 13.0. The molecule has 0 saturated carbocycles. The zero-order valence-electron chi connectivity index (χ0n) is 12.7. The molecule has 1 aliphatic rings. The lowest BCUT2D eigenvalue weighted by Crippen LogP contribution is -2.60. The summed E-state index contributed by atoms with van der Waals surface area (Å²) in [7, 11) is 0. The Morgan fingerprint density at radius 2 is 1.76 bits per heavy atom. The van der Waals surface area contributed by atoms with Crippen LogP contribution in [0.5, 0.6) is 0 Å². The maximum atomic E-state index is 3.69. The summed E-state index contributed by atoms with van der Waals surface area (Å²) in [5.74, 6) is 1.59. The van der Waals surface area contributed by atoms with Crippen LogP contribution < -0.4 is 5.32 Å². The third kappa shape index (κ3) is 3.69. The van der Waals surface area contributed by atoms with E-state index in [1.807, 2.05) is 0 Å². The molecule has 1 fully saturated rings. The number of piperazine rings is 1. The highest BCUT2D eigenvalue weighted by molar-refractivity contribution is 4.89. The summed E-state index contributed by atoms with van der Waals surface area (Å²) in [6.45, 7) is 16.5. The molecule has 2 nitrogen and oxygen atoms in total. The zero-order valence-corrected chi connectivity index (χ0v) is 12.7. The van der Waals surface area contributed by atoms with Crippen molar-refractivity contribution in [2.24, 2.45) is 11.8 Å². The van der Waals surface area contributed by atoms with Crippen molar-refractivity contribution >= 4 is 0 Å². The molecule has 17 heavy (non-hydrogen) atoms. The number of hydrogen-bond acceptors (Lipinski definition) is 2. The van der Waals surface area contributed by atoms with Crippen molar-refractivity contribution in [2.75, 3.05) is 13.1 Å². The monoisotopic (exact) mass is 240 g/mol. The minimum atomic E-state index is 0.669. The molecule has 3 atom stereocenters. The quantitative estimate of drug-likeness (QED) is 0.794. The second-order valence-electron chi connectivity index (χ2n) is 6.12. The highest BCUT2D eigenvalue weighted by Crippen LogP contribution is 2.23. The third-order valence-electron chi connectivity index (χ3n) is 4.71. The molecule has 0 bridgehead atoms. The van der Waals surface area contributed by atoms with Crippen LogP contribution in [0.1, 0.15) is 54.4 Å². The standard InChI is InChI=1S/C15H32N2/c1-7-14(8-2)13(6)17-10-15(11(3)4)16-9-12(17)5/h11-16H,7-10H2,1-6H3. The van der Waals surface area contributed by atoms with Gasteiger partial charge in [0.05, 0.1) is 0 Å². The van der Waals surface area contributed by atoms with Gasteiger partial charge in [0.25, 0.3) is 0 Å². The van der Waals surface area contributed by atoms with Crippen molar-refractivity contribution in [3.8, 4) is 0 Å². The molecule has 0 aromatic carbocycles. The van der Waals surface area contributed by atoms with E-state index in [0.717, 1.165) is 24.4 Å². The van der Waals surface area contributed by atoms with Crippen LogP contribution in [0.15, 0.2) is 0 Å². The van der Waals surface area contributed by atoms with Gasteiger partial charge in [-0.25, -0.2) is 0 Å². The molecule has 1 aliphatic heterocycles. The van der Waals surface area contributed by atoms with E-state index in [4.69, 9.17) is 0 Å². The molecule has 2 heteroatoms. The van der Waals surface area contributed by atoms with Gasteiger partial charge < -0.3 is 5.32 Å². The lowest BCUT2D eigenvalue weighted by atomic mass is 9.90. The van der Waals surface area contributed by atoms with Crippen molar-refractivity contribution < 1.29 is 0 Å². The van der Waals surface area contributed by atoms with Gasteiger partial charge in [-0.15, -0.1) is 0 Å². The molecule has 1 N–H and O–H groups in total. The van der Waals surface area contributed by atoms with Crippen LogP contribution in [-0.2, 0) is 0 Å². The topological polar surface area (TPSA) is 15.3 Å². The summed E-state index contributed by atoms with van der Waals surface area (Å²) in [5, 5.41) is 3.69. The van der Waals surface area contributed by atoms with Crippen molar-refractivity contribution in [2.45, 2.75) is 72.5 Å². The Morgan fingerprint density at radius 1 is 1.18 bits per heavy atom. The van der Waals surface area contributed by atoms with Crippen molar-refractivity contribution in [3.63, 3.8) is 0 Å². The minimum Gasteiger partial charge on any atom is -0.311 e. The van der Waals surface area contributed by atoms with Crippen molar-refractivity contribution in [3.05, 3.63) is 0 Å². The molecule has 1 rings (SSSR count). The molecule has 0 aromatic heterocycles. The molecule has 1 heterocycles. The number of nitrogens with zero attached hydrogens (tertiary/aromatic N) is 1. The summed E-state index contributed by atoms with van der Waals surface area (Å²) < 4.78 is 0. The average Bonchev–Trinajstić information content (AvgIpc) is 2.30. The molecule has 0 spiro atoms. The van der Waals surface area contributed by atoms with E-state index < -0.39 is 0 Å². The highest BCUT2D eigenvalue weighted by atomic mass is 15.3. The van der Waals surface area contributed by atoms with Gasteiger partial charge >= 0.3 is 0 Å². The molecular weight excluding hydrogens is 208 g/mol. The van der Waals surface area contributed by atoms with Crippen LogP contribution in [0, 0.1) is 11.8 Å². The largest absolute Gasteiger partial charge is 0.311 e. The number of hydrogen-bond donors (Lipinski definition) is 1. The van der Waals surface area contributed by atoms with Crippen LogP contribution in [-0.4, -0.2) is 36.1 Å². The third-order valence-corrected chi connectivity index (χ3v) is 4.71. The van der Waals surface area contributed by atoms with Gasteiger partial charge in [0.15, 0.2) is 0 Å². The Balaban J connectivity index is 2.65. The first-order valence-electron chi connectivity index (χ1n) is 7.50. The lowest BCUT2D eigenvalue weighted by Gasteiger charge is -2.45. The second-order valence-corrected chi connectivity index (χ2v) is 6.12. The fraction of sp³-hybridized carbons (Fsp3) is 1.00. The highest BCUT2D eigenvalue weighted by Gasteiger charge is 2.31. The number of nitrogens with one attached hydrogen (secondary N) is 1. The summed E-state index contributed by atoms with van der Waals surface area (Å²) in [6, 6.07) is 2.08. The van der Waals surface area contributed by atoms with E-state index in [9.17, 15) is 0 Å². The smallest absolute Gasteiger partial charge is 0.0218 e. The van der Waals surface area contributed by atoms with Crippen LogP contribution in [0.4, 0.5) is 0 Å². The summed E-state index contributed by atoms with van der Waals surface area (Å²) >= 11 is 0. The van der Waals surface area contributed by atoms with Crippen molar-refractivity contribution in [1.29, 1.82) is 0 Å². The van der Waals surface area contributed by atoms with E-state index >= 15 is 0 Å². The van der Waals surface area contributed by atoms with Crippen molar-refractivity contribution in [1.82, 2.24) is 10.2 Å². The van der Waals surface area contributed by atoms with E-state index in [0.29, 0.717) is 12.1 Å². The maximum absolute atomic E-state index is 3.69. The van der Waals surface area contributed by atoms with Gasteiger partial charge in [0, 0.05) is 31.2 Å². The summed E-state index contributed by atoms with van der Waals surface area (Å²) in [5.41, 5.74) is 0.